The molecule has 110 valence electrons. The Morgan fingerprint density at radius 2 is 1.81 bits per heavy atom. The van der Waals surface area contributed by atoms with Crippen LogP contribution >= 0.6 is 0 Å². The molecule has 2 aromatic rings. The molecule has 4 rings (SSSR count). The number of benzene rings is 1. The number of aryl methyl sites for hydroxylation is 1. The Morgan fingerprint density at radius 1 is 1.05 bits per heavy atom. The Hall–Kier alpha value is -1.88. The molecule has 1 fully saturated rings. The molecule has 21 heavy (non-hydrogen) atoms. The molecule has 1 aromatic carbocycles. The number of likely N-dealkylation sites (tertiary alicyclic amines) is 1. The third-order valence-corrected chi connectivity index (χ3v) is 4.95. The Morgan fingerprint density at radius 3 is 2.62 bits per heavy atom. The summed E-state index contributed by atoms with van der Waals surface area (Å²) in [4.78, 5) is 31.1. The van der Waals surface area contributed by atoms with Crippen molar-refractivity contribution in [2.24, 2.45) is 0 Å². The second-order valence-electron chi connectivity index (χ2n) is 6.17. The van der Waals surface area contributed by atoms with Crippen molar-refractivity contribution in [2.45, 2.75) is 38.1 Å². The van der Waals surface area contributed by atoms with E-state index in [0.29, 0.717) is 6.04 Å². The van der Waals surface area contributed by atoms with Gasteiger partial charge in [-0.05, 0) is 62.4 Å². The van der Waals surface area contributed by atoms with Gasteiger partial charge in [-0.2, -0.15) is 0 Å². The molecule has 1 aliphatic heterocycles. The summed E-state index contributed by atoms with van der Waals surface area (Å²) < 4.78 is 0. The maximum Gasteiger partial charge on any atom is 0.314 e. The van der Waals surface area contributed by atoms with Gasteiger partial charge in [0.05, 0.1) is 11.0 Å². The van der Waals surface area contributed by atoms with Gasteiger partial charge in [0.25, 0.3) is 0 Å². The van der Waals surface area contributed by atoms with Crippen molar-refractivity contribution in [2.75, 3.05) is 13.1 Å². The Labute approximate surface area is 122 Å². The molecule has 0 radical (unpaired) electrons. The summed E-state index contributed by atoms with van der Waals surface area (Å²) >= 11 is 0. The van der Waals surface area contributed by atoms with Crippen molar-refractivity contribution in [1.29, 1.82) is 0 Å². The second-order valence-corrected chi connectivity index (χ2v) is 6.17. The molecule has 1 atom stereocenters. The average Bonchev–Trinajstić information content (AvgIpc) is 3.02. The Kier molecular flexibility index (Phi) is 2.96. The first-order chi connectivity index (χ1) is 10.2. The number of nitrogens with zero attached hydrogens (tertiary/aromatic N) is 1. The smallest absolute Gasteiger partial charge is 0.314 e. The monoisotopic (exact) mass is 285 g/mol. The summed E-state index contributed by atoms with van der Waals surface area (Å²) in [5.74, 6) is 0. The maximum absolute atomic E-state index is 11.6. The molecule has 1 aromatic heterocycles. The zero-order chi connectivity index (χ0) is 14.4. The summed E-state index contributed by atoms with van der Waals surface area (Å²) in [6.45, 7) is 2.39. The fraction of sp³-hybridized carbons (Fsp3) is 0.500. The van der Waals surface area contributed by atoms with Crippen LogP contribution in [0.1, 0.15) is 30.4 Å². The highest BCUT2D eigenvalue weighted by molar-refractivity contribution is 5.79. The highest BCUT2D eigenvalue weighted by atomic mass is 16.2. The zero-order valence-electron chi connectivity index (χ0n) is 11.9. The van der Waals surface area contributed by atoms with Crippen LogP contribution in [-0.4, -0.2) is 34.0 Å². The molecule has 2 aliphatic rings. The van der Waals surface area contributed by atoms with Crippen LogP contribution in [0, 0.1) is 0 Å². The highest BCUT2D eigenvalue weighted by Gasteiger charge is 2.27. The summed E-state index contributed by atoms with van der Waals surface area (Å²) in [6, 6.07) is 4.56. The van der Waals surface area contributed by atoms with Gasteiger partial charge in [-0.15, -0.1) is 0 Å². The van der Waals surface area contributed by atoms with E-state index in [2.05, 4.69) is 20.9 Å². The largest absolute Gasteiger partial charge is 0.316 e. The third-order valence-electron chi connectivity index (χ3n) is 4.95. The van der Waals surface area contributed by atoms with Crippen LogP contribution in [0.15, 0.2) is 21.7 Å². The second kappa shape index (κ2) is 4.84. The molecule has 0 saturated carbocycles. The van der Waals surface area contributed by atoms with Crippen LogP contribution in [0.4, 0.5) is 0 Å². The van der Waals surface area contributed by atoms with Gasteiger partial charge in [0.1, 0.15) is 0 Å². The Balaban J connectivity index is 1.81. The van der Waals surface area contributed by atoms with E-state index in [1.807, 2.05) is 6.07 Å². The van der Waals surface area contributed by atoms with Crippen molar-refractivity contribution >= 4 is 11.0 Å². The van der Waals surface area contributed by atoms with Gasteiger partial charge in [0.15, 0.2) is 0 Å². The summed E-state index contributed by atoms with van der Waals surface area (Å²) in [6.07, 6.45) is 5.79. The lowest BCUT2D eigenvalue weighted by Gasteiger charge is -2.32. The normalized spacial score (nSPS) is 22.6. The number of hydrogen-bond acceptors (Lipinski definition) is 3. The molecule has 0 amide bonds. The maximum atomic E-state index is 11.6. The van der Waals surface area contributed by atoms with Crippen LogP contribution in [-0.2, 0) is 12.8 Å². The van der Waals surface area contributed by atoms with Crippen molar-refractivity contribution in [3.05, 3.63) is 44.0 Å². The number of nitrogens with one attached hydrogen (secondary N) is 2. The van der Waals surface area contributed by atoms with Crippen molar-refractivity contribution in [3.63, 3.8) is 0 Å². The van der Waals surface area contributed by atoms with Gasteiger partial charge in [-0.1, -0.05) is 6.07 Å². The number of rotatable bonds is 1. The molecule has 5 heteroatoms. The zero-order valence-corrected chi connectivity index (χ0v) is 11.9. The number of H-pyrrole nitrogens is 2. The topological polar surface area (TPSA) is 69.0 Å². The fourth-order valence-electron chi connectivity index (χ4n) is 3.83. The number of hydrogen-bond donors (Lipinski definition) is 2. The van der Waals surface area contributed by atoms with Gasteiger partial charge >= 0.3 is 11.1 Å². The first-order valence-corrected chi connectivity index (χ1v) is 7.73. The quantitative estimate of drug-likeness (QED) is 0.773. The summed E-state index contributed by atoms with van der Waals surface area (Å²) in [7, 11) is 0. The first kappa shape index (κ1) is 12.8. The van der Waals surface area contributed by atoms with E-state index < -0.39 is 11.1 Å². The molecule has 0 bridgehead atoms. The van der Waals surface area contributed by atoms with Gasteiger partial charge in [-0.25, -0.2) is 0 Å². The molecule has 0 spiro atoms. The minimum Gasteiger partial charge on any atom is -0.316 e. The van der Waals surface area contributed by atoms with E-state index in [1.165, 1.54) is 43.5 Å². The minimum atomic E-state index is -0.575. The molecule has 2 N–H and O–H groups in total. The van der Waals surface area contributed by atoms with Crippen LogP contribution in [0.25, 0.3) is 11.0 Å². The predicted molar refractivity (Wildman–Crippen MR) is 81.8 cm³/mol. The van der Waals surface area contributed by atoms with Gasteiger partial charge in [-0.3, -0.25) is 9.59 Å². The van der Waals surface area contributed by atoms with Crippen molar-refractivity contribution in [3.8, 4) is 0 Å². The molecule has 5 nitrogen and oxygen atoms in total. The van der Waals surface area contributed by atoms with Crippen molar-refractivity contribution < 1.29 is 0 Å². The molecular formula is C16H19N3O2. The van der Waals surface area contributed by atoms with Gasteiger partial charge in [0.2, 0.25) is 0 Å². The van der Waals surface area contributed by atoms with Crippen LogP contribution < -0.4 is 11.1 Å². The van der Waals surface area contributed by atoms with Crippen LogP contribution in [0.5, 0.6) is 0 Å². The standard InChI is InChI=1S/C16H19N3O2/c20-15-16(21)18-14-12-9-11(19-7-1-2-8-19)5-3-10(12)4-6-13(14)17-15/h4,6,11H,1-3,5,7-9H2,(H,17,20)(H,18,21). The highest BCUT2D eigenvalue weighted by Crippen LogP contribution is 2.30. The van der Waals surface area contributed by atoms with E-state index in [-0.39, 0.29) is 0 Å². The summed E-state index contributed by atoms with van der Waals surface area (Å²) in [5.41, 5.74) is 2.94. The van der Waals surface area contributed by atoms with Gasteiger partial charge < -0.3 is 14.9 Å². The predicted octanol–water partition coefficient (Wildman–Crippen LogP) is 1.17. The lowest BCUT2D eigenvalue weighted by Crippen LogP contribution is -2.37. The first-order valence-electron chi connectivity index (χ1n) is 7.73. The molecule has 1 unspecified atom stereocenters. The minimum absolute atomic E-state index is 0.556. The molecular weight excluding hydrogens is 266 g/mol. The van der Waals surface area contributed by atoms with E-state index in [0.717, 1.165) is 23.9 Å². The van der Waals surface area contributed by atoms with E-state index in [4.69, 9.17) is 0 Å². The Bertz CT molecular complexity index is 799. The van der Waals surface area contributed by atoms with Crippen molar-refractivity contribution in [1.82, 2.24) is 14.9 Å². The van der Waals surface area contributed by atoms with E-state index in [1.54, 1.807) is 0 Å². The van der Waals surface area contributed by atoms with Gasteiger partial charge in [0, 0.05) is 6.04 Å². The lowest BCUT2D eigenvalue weighted by atomic mass is 9.86. The molecule has 1 aliphatic carbocycles. The molecule has 2 heterocycles. The van der Waals surface area contributed by atoms with E-state index in [9.17, 15) is 9.59 Å². The SMILES string of the molecule is O=c1[nH]c2ccc3c(c2[nH]c1=O)CC(N1CCCC1)CC3. The third kappa shape index (κ3) is 2.12. The fourth-order valence-corrected chi connectivity index (χ4v) is 3.83. The van der Waals surface area contributed by atoms with Crippen LogP contribution in [0.2, 0.25) is 0 Å². The van der Waals surface area contributed by atoms with E-state index >= 15 is 0 Å². The summed E-state index contributed by atoms with van der Waals surface area (Å²) in [5, 5.41) is 0. The molecule has 1 saturated heterocycles. The average molecular weight is 285 g/mol. The number of aromatic nitrogens is 2. The number of fused-ring (bicyclic) bond motifs is 3. The lowest BCUT2D eigenvalue weighted by molar-refractivity contribution is 0.222. The van der Waals surface area contributed by atoms with Crippen LogP contribution in [0.3, 0.4) is 0 Å². The number of aromatic amines is 2.